The summed E-state index contributed by atoms with van der Waals surface area (Å²) in [6.07, 6.45) is -2.62. The van der Waals surface area contributed by atoms with Gasteiger partial charge in [-0.25, -0.2) is 14.3 Å². The van der Waals surface area contributed by atoms with Gasteiger partial charge in [0.05, 0.1) is 70.0 Å². The van der Waals surface area contributed by atoms with Gasteiger partial charge in [0.2, 0.25) is 47.3 Å². The summed E-state index contributed by atoms with van der Waals surface area (Å²) in [6.45, 7) is 5.87. The summed E-state index contributed by atoms with van der Waals surface area (Å²) in [5.41, 5.74) is 3.01. The Labute approximate surface area is 603 Å². The maximum absolute atomic E-state index is 14.8. The lowest BCUT2D eigenvalue weighted by Gasteiger charge is -2.33. The van der Waals surface area contributed by atoms with E-state index in [0.29, 0.717) is 108 Å². The standard InChI is InChI=1S/C66H93N13O12.2C2HF3O2/c1-5-51(67-3)60(82)73-58-46(22-25-49-27-29-53(78(49)65(58)87)62(84)71-56(43-16-10-7-11-17-43)44-18-12-8-13-19-44)40-70-55(81)31-24-48-41-77(76-75-48)33-35-90-37-39-91-38-36-89-34-32-69-64(86)57(45-20-14-9-15-21-45)72-63(85)54-30-28-50-26-23-47(42-80)59(66(88)79(50)54)74-61(83)52(6-2)68-4;2*3-2(4,5)1(6)7/h7-21,41,46-47,49-54,56-59,67-68,80H,5-6,22-40,42H2,1-4H3,(H,69,86)(H,70,81)(H,71,84)(H,72,85)(H,73,82)(H,74,83);2*(H,6,7)/t46-,47-,49+,50+,51+,52+,53?,54+,57+,58+,59+;;/m1../s1. The molecule has 35 heteroatoms. The first-order valence-corrected chi connectivity index (χ1v) is 34.9. The van der Waals surface area contributed by atoms with Crippen LogP contribution in [0.2, 0.25) is 0 Å². The molecule has 4 saturated heterocycles. The molecule has 4 aliphatic rings. The molecular weight excluding hydrogens is 1390 g/mol. The highest BCUT2D eigenvalue weighted by molar-refractivity contribution is 5.97. The van der Waals surface area contributed by atoms with Gasteiger partial charge in [0.1, 0.15) is 30.2 Å². The van der Waals surface area contributed by atoms with Crippen LogP contribution in [0.1, 0.15) is 119 Å². The summed E-state index contributed by atoms with van der Waals surface area (Å²) in [5, 5.41) is 56.8. The van der Waals surface area contributed by atoms with Crippen molar-refractivity contribution in [2.75, 3.05) is 73.4 Å². The summed E-state index contributed by atoms with van der Waals surface area (Å²) in [7, 11) is 3.36. The second-order valence-electron chi connectivity index (χ2n) is 25.4. The molecule has 11 N–H and O–H groups in total. The predicted molar refractivity (Wildman–Crippen MR) is 364 cm³/mol. The molecule has 1 unspecified atom stereocenters. The van der Waals surface area contributed by atoms with Crippen molar-refractivity contribution in [1.29, 1.82) is 0 Å². The number of hydrogen-bond acceptors (Lipinski definition) is 18. The van der Waals surface area contributed by atoms with Gasteiger partial charge in [-0.1, -0.05) is 110 Å². The van der Waals surface area contributed by atoms with E-state index in [0.717, 1.165) is 11.1 Å². The average molecular weight is 1490 g/mol. The minimum atomic E-state index is -5.08. The van der Waals surface area contributed by atoms with Crippen molar-refractivity contribution in [2.24, 2.45) is 11.8 Å². The first kappa shape index (κ1) is 84.8. The number of rotatable bonds is 34. The fourth-order valence-electron chi connectivity index (χ4n) is 13.0. The monoisotopic (exact) mass is 1490 g/mol. The number of alkyl halides is 6. The molecule has 3 aromatic carbocycles. The van der Waals surface area contributed by atoms with Crippen molar-refractivity contribution in [2.45, 2.75) is 170 Å². The molecule has 0 radical (unpaired) electrons. The zero-order chi connectivity index (χ0) is 76.8. The fraction of sp³-hybridized carbons (Fsp3) is 0.571. The Morgan fingerprint density at radius 3 is 1.45 bits per heavy atom. The van der Waals surface area contributed by atoms with Gasteiger partial charge in [-0.2, -0.15) is 26.3 Å². The molecule has 0 saturated carbocycles. The Morgan fingerprint density at radius 1 is 0.562 bits per heavy atom. The zero-order valence-electron chi connectivity index (χ0n) is 58.9. The van der Waals surface area contributed by atoms with Crippen LogP contribution in [-0.4, -0.2) is 233 Å². The number of amides is 8. The van der Waals surface area contributed by atoms with E-state index in [1.165, 1.54) is 0 Å². The number of aliphatic carboxylic acids is 2. The van der Waals surface area contributed by atoms with E-state index in [1.54, 1.807) is 59.0 Å². The smallest absolute Gasteiger partial charge is 0.475 e. The fourth-order valence-corrected chi connectivity index (χ4v) is 13.0. The summed E-state index contributed by atoms with van der Waals surface area (Å²) in [5.74, 6) is -9.27. The van der Waals surface area contributed by atoms with E-state index in [1.807, 2.05) is 80.6 Å². The number of nitrogens with one attached hydrogen (secondary N) is 8. The number of carboxylic acids is 2. The van der Waals surface area contributed by atoms with Crippen molar-refractivity contribution in [3.63, 3.8) is 0 Å². The predicted octanol–water partition coefficient (Wildman–Crippen LogP) is 3.02. The molecule has 29 nitrogen and oxygen atoms in total. The average Bonchev–Trinajstić information content (AvgIpc) is 1.65. The van der Waals surface area contributed by atoms with Crippen LogP contribution in [0, 0.1) is 11.8 Å². The van der Waals surface area contributed by atoms with Crippen molar-refractivity contribution in [1.82, 2.24) is 67.3 Å². The number of nitrogens with zero attached hydrogens (tertiary/aromatic N) is 5. The van der Waals surface area contributed by atoms with E-state index in [2.05, 4.69) is 52.8 Å². The Kier molecular flexibility index (Phi) is 34.0. The summed E-state index contributed by atoms with van der Waals surface area (Å²) in [6, 6.07) is 21.7. The van der Waals surface area contributed by atoms with Gasteiger partial charge in [-0.05, 0) is 95.0 Å². The van der Waals surface area contributed by atoms with Crippen LogP contribution >= 0.6 is 0 Å². The number of benzene rings is 3. The van der Waals surface area contributed by atoms with Crippen LogP contribution in [0.5, 0.6) is 0 Å². The van der Waals surface area contributed by atoms with Gasteiger partial charge >= 0.3 is 24.3 Å². The van der Waals surface area contributed by atoms with Crippen LogP contribution in [-0.2, 0) is 75.1 Å². The Bertz CT molecular complexity index is 3390. The summed E-state index contributed by atoms with van der Waals surface area (Å²) < 4.78 is 82.2. The second-order valence-corrected chi connectivity index (χ2v) is 25.4. The molecule has 4 aliphatic heterocycles. The minimum absolute atomic E-state index is 0.123. The Hall–Kier alpha value is -9.16. The number of carbonyl (C=O) groups excluding carboxylic acids is 8. The number of ether oxygens (including phenoxy) is 3. The molecule has 105 heavy (non-hydrogen) atoms. The van der Waals surface area contributed by atoms with Crippen LogP contribution in [0.3, 0.4) is 0 Å². The molecule has 578 valence electrons. The number of aromatic nitrogens is 3. The van der Waals surface area contributed by atoms with Crippen molar-refractivity contribution >= 4 is 59.2 Å². The molecule has 5 heterocycles. The summed E-state index contributed by atoms with van der Waals surface area (Å²) in [4.78, 5) is 132. The second kappa shape index (κ2) is 42.1. The van der Waals surface area contributed by atoms with Gasteiger partial charge in [0.25, 0.3) is 0 Å². The topological polar surface area (TPSA) is 393 Å². The molecule has 0 spiro atoms. The number of carbonyl (C=O) groups is 10. The number of aliphatic hydroxyl groups is 1. The molecule has 4 aromatic rings. The van der Waals surface area contributed by atoms with Gasteiger partial charge in [0, 0.05) is 62.7 Å². The molecule has 8 rings (SSSR count). The van der Waals surface area contributed by atoms with E-state index in [9.17, 15) is 69.8 Å². The lowest BCUT2D eigenvalue weighted by Crippen LogP contribution is -2.59. The molecule has 1 aromatic heterocycles. The highest BCUT2D eigenvalue weighted by atomic mass is 19.4. The minimum Gasteiger partial charge on any atom is -0.475 e. The first-order valence-electron chi connectivity index (χ1n) is 34.9. The third-order valence-electron chi connectivity index (χ3n) is 18.5. The molecule has 8 amide bonds. The molecule has 4 fully saturated rings. The number of aryl methyl sites for hydroxylation is 1. The largest absolute Gasteiger partial charge is 0.490 e. The third kappa shape index (κ3) is 25.6. The number of hydrogen-bond donors (Lipinski definition) is 11. The van der Waals surface area contributed by atoms with Crippen LogP contribution in [0.25, 0.3) is 0 Å². The number of likely N-dealkylation sites (N-methyl/N-ethyl adjacent to an activating group) is 2. The molecular formula is C70H95F6N13O16. The highest BCUT2D eigenvalue weighted by Crippen LogP contribution is 2.37. The summed E-state index contributed by atoms with van der Waals surface area (Å²) >= 11 is 0. The number of fused-ring (bicyclic) bond motifs is 2. The van der Waals surface area contributed by atoms with Gasteiger partial charge in [-0.3, -0.25) is 38.4 Å². The van der Waals surface area contributed by atoms with Crippen molar-refractivity contribution < 1.29 is 104 Å². The zero-order valence-corrected chi connectivity index (χ0v) is 58.9. The first-order chi connectivity index (χ1) is 50.1. The molecule has 0 bridgehead atoms. The van der Waals surface area contributed by atoms with Crippen LogP contribution in [0.15, 0.2) is 97.2 Å². The Morgan fingerprint density at radius 2 is 0.990 bits per heavy atom. The van der Waals surface area contributed by atoms with E-state index < -0.39 is 102 Å². The van der Waals surface area contributed by atoms with Gasteiger partial charge in [0.15, 0.2) is 0 Å². The third-order valence-corrected chi connectivity index (χ3v) is 18.5. The van der Waals surface area contributed by atoms with Crippen molar-refractivity contribution in [3.05, 3.63) is 120 Å². The lowest BCUT2D eigenvalue weighted by atomic mass is 9.92. The maximum Gasteiger partial charge on any atom is 0.490 e. The maximum atomic E-state index is 14.8. The highest BCUT2D eigenvalue weighted by Gasteiger charge is 2.50. The Balaban J connectivity index is 0.00000112. The SMILES string of the molecule is CC[C@H](NC)C(=O)N[C@@H]1C(=O)N2C(C(=O)NC(c3ccccc3)c3ccccc3)CC[C@@H]2CC[C@@H]1CNC(=O)CCc1cn(CCOCCOCCOCCNC(=O)[C@@H](NC(=O)[C@@H]2CC[C@@H]3CC[C@H](CO)[C@H](NC(=O)[C@H](CC)NC)C(=O)N32)c2ccccc2)nn1.O=C(O)C(F)(F)F.O=C(O)C(F)(F)F. The number of carboxylic acid groups (broad SMARTS) is 2. The van der Waals surface area contributed by atoms with Crippen LogP contribution < -0.4 is 42.5 Å². The molecule has 11 atom stereocenters. The van der Waals surface area contributed by atoms with Gasteiger partial charge < -0.3 is 81.9 Å². The quantitative estimate of drug-likeness (QED) is 0.0236. The van der Waals surface area contributed by atoms with E-state index in [4.69, 9.17) is 34.0 Å². The van der Waals surface area contributed by atoms with E-state index >= 15 is 0 Å². The number of halogens is 6. The van der Waals surface area contributed by atoms with Crippen LogP contribution in [0.4, 0.5) is 26.3 Å². The number of aliphatic hydroxyl groups excluding tert-OH is 1. The van der Waals surface area contributed by atoms with Crippen molar-refractivity contribution in [3.8, 4) is 0 Å². The molecule has 0 aliphatic carbocycles. The lowest BCUT2D eigenvalue weighted by molar-refractivity contribution is -0.193. The van der Waals surface area contributed by atoms with Gasteiger partial charge in [-0.15, -0.1) is 5.10 Å². The van der Waals surface area contributed by atoms with E-state index in [-0.39, 0.29) is 87.6 Å². The normalized spacial score (nSPS) is 20.9.